The van der Waals surface area contributed by atoms with Gasteiger partial charge in [0.15, 0.2) is 11.4 Å². The monoisotopic (exact) mass is 328 g/mol. The smallest absolute Gasteiger partial charge is 0.271 e. The largest absolute Gasteiger partial charge is 0.476 e. The van der Waals surface area contributed by atoms with Crippen LogP contribution in [0.5, 0.6) is 5.75 Å². The molecule has 2 amide bonds. The van der Waals surface area contributed by atoms with Gasteiger partial charge in [-0.3, -0.25) is 19.3 Å². The predicted octanol–water partition coefficient (Wildman–Crippen LogP) is 1.50. The number of rotatable bonds is 4. The lowest BCUT2D eigenvalue weighted by Crippen LogP contribution is -2.54. The van der Waals surface area contributed by atoms with Gasteiger partial charge in [0, 0.05) is 5.56 Å². The van der Waals surface area contributed by atoms with E-state index in [1.165, 1.54) is 17.2 Å². The fraction of sp³-hybridized carbons (Fsp3) is 0.235. The van der Waals surface area contributed by atoms with Crippen LogP contribution in [0.2, 0.25) is 0 Å². The van der Waals surface area contributed by atoms with Crippen molar-refractivity contribution in [3.05, 3.63) is 47.9 Å². The van der Waals surface area contributed by atoms with E-state index in [-0.39, 0.29) is 18.1 Å². The van der Waals surface area contributed by atoms with Gasteiger partial charge in [0.25, 0.3) is 5.91 Å². The molecule has 1 aliphatic heterocycles. The first kappa shape index (κ1) is 15.8. The third-order valence-electron chi connectivity index (χ3n) is 3.70. The number of carbonyl (C=O) groups is 3. The van der Waals surface area contributed by atoms with Crippen molar-refractivity contribution in [1.29, 1.82) is 0 Å². The Morgan fingerprint density at radius 1 is 1.25 bits per heavy atom. The van der Waals surface area contributed by atoms with E-state index >= 15 is 0 Å². The average Bonchev–Trinajstić information content (AvgIpc) is 3.04. The summed E-state index contributed by atoms with van der Waals surface area (Å²) in [6.45, 7) is 2.92. The molecule has 3 rings (SSSR count). The molecule has 7 heteroatoms. The number of ether oxygens (including phenoxy) is 1. The van der Waals surface area contributed by atoms with E-state index in [9.17, 15) is 14.4 Å². The van der Waals surface area contributed by atoms with Crippen LogP contribution in [0, 0.1) is 0 Å². The molecule has 0 fully saturated rings. The van der Waals surface area contributed by atoms with Crippen molar-refractivity contribution in [1.82, 2.24) is 0 Å². The number of amides is 2. The molecule has 0 saturated heterocycles. The van der Waals surface area contributed by atoms with E-state index in [1.54, 1.807) is 38.1 Å². The maximum atomic E-state index is 12.5. The number of hydrogen-bond acceptors (Lipinski definition) is 5. The first-order chi connectivity index (χ1) is 11.3. The lowest BCUT2D eigenvalue weighted by atomic mass is 10.0. The highest BCUT2D eigenvalue weighted by Crippen LogP contribution is 2.38. The average molecular weight is 328 g/mol. The molecule has 2 heterocycles. The Hall–Kier alpha value is -3.09. The first-order valence-corrected chi connectivity index (χ1v) is 7.31. The number of primary amides is 1. The molecule has 0 spiro atoms. The molecule has 0 saturated carbocycles. The summed E-state index contributed by atoms with van der Waals surface area (Å²) >= 11 is 0. The van der Waals surface area contributed by atoms with Crippen molar-refractivity contribution in [2.24, 2.45) is 5.73 Å². The molecule has 124 valence electrons. The molecule has 1 aromatic carbocycles. The van der Waals surface area contributed by atoms with E-state index in [0.29, 0.717) is 17.0 Å². The molecule has 1 aliphatic rings. The third kappa shape index (κ3) is 2.64. The Labute approximate surface area is 138 Å². The van der Waals surface area contributed by atoms with Gasteiger partial charge in [-0.25, -0.2) is 0 Å². The fourth-order valence-corrected chi connectivity index (χ4v) is 2.57. The van der Waals surface area contributed by atoms with Gasteiger partial charge >= 0.3 is 0 Å². The minimum absolute atomic E-state index is 0.180. The minimum atomic E-state index is -1.13. The SMILES string of the molecule is CC1(C)Oc2ccc(C(=O)c3ccco3)cc2N(CC(N)=O)C1=O. The van der Waals surface area contributed by atoms with Crippen LogP contribution in [-0.4, -0.2) is 29.7 Å². The maximum absolute atomic E-state index is 12.5. The summed E-state index contributed by atoms with van der Waals surface area (Å²) < 4.78 is 10.8. The number of fused-ring (bicyclic) bond motifs is 1. The molecule has 0 bridgehead atoms. The lowest BCUT2D eigenvalue weighted by Gasteiger charge is -2.38. The summed E-state index contributed by atoms with van der Waals surface area (Å²) in [6.07, 6.45) is 1.40. The Morgan fingerprint density at radius 3 is 2.62 bits per heavy atom. The molecule has 0 unspecified atom stereocenters. The summed E-state index contributed by atoms with van der Waals surface area (Å²) in [4.78, 5) is 37.5. The van der Waals surface area contributed by atoms with Gasteiger partial charge in [0.2, 0.25) is 11.7 Å². The highest BCUT2D eigenvalue weighted by atomic mass is 16.5. The number of benzene rings is 1. The summed E-state index contributed by atoms with van der Waals surface area (Å²) in [5.41, 5.74) is 4.76. The Balaban J connectivity index is 2.06. The van der Waals surface area contributed by atoms with Crippen molar-refractivity contribution in [3.8, 4) is 5.75 Å². The topological polar surface area (TPSA) is 103 Å². The van der Waals surface area contributed by atoms with Crippen LogP contribution in [0.4, 0.5) is 5.69 Å². The fourth-order valence-electron chi connectivity index (χ4n) is 2.57. The van der Waals surface area contributed by atoms with Crippen LogP contribution in [-0.2, 0) is 9.59 Å². The zero-order chi connectivity index (χ0) is 17.5. The minimum Gasteiger partial charge on any atom is -0.476 e. The molecule has 1 aromatic heterocycles. The quantitative estimate of drug-likeness (QED) is 0.857. The number of carbonyl (C=O) groups excluding carboxylic acids is 3. The second-order valence-corrected chi connectivity index (χ2v) is 5.96. The number of nitrogens with two attached hydrogens (primary N) is 1. The summed E-state index contributed by atoms with van der Waals surface area (Å²) in [6, 6.07) is 7.83. The predicted molar refractivity (Wildman–Crippen MR) is 84.8 cm³/mol. The number of anilines is 1. The first-order valence-electron chi connectivity index (χ1n) is 7.31. The van der Waals surface area contributed by atoms with Crippen molar-refractivity contribution < 1.29 is 23.5 Å². The zero-order valence-electron chi connectivity index (χ0n) is 13.2. The number of hydrogen-bond donors (Lipinski definition) is 1. The van der Waals surface area contributed by atoms with Crippen LogP contribution in [0.3, 0.4) is 0 Å². The zero-order valence-corrected chi connectivity index (χ0v) is 13.2. The maximum Gasteiger partial charge on any atom is 0.271 e. The molecular weight excluding hydrogens is 312 g/mol. The molecule has 2 N–H and O–H groups in total. The summed E-state index contributed by atoms with van der Waals surface area (Å²) in [5.74, 6) is -0.818. The van der Waals surface area contributed by atoms with E-state index < -0.39 is 17.4 Å². The van der Waals surface area contributed by atoms with Gasteiger partial charge in [-0.15, -0.1) is 0 Å². The molecule has 2 aromatic rings. The standard InChI is InChI=1S/C17H16N2O5/c1-17(2)16(22)19(9-14(18)20)11-8-10(5-6-12(11)24-17)15(21)13-4-3-7-23-13/h3-8H,9H2,1-2H3,(H2,18,20). The van der Waals surface area contributed by atoms with Gasteiger partial charge in [-0.1, -0.05) is 0 Å². The molecule has 7 nitrogen and oxygen atoms in total. The summed E-state index contributed by atoms with van der Waals surface area (Å²) in [7, 11) is 0. The van der Waals surface area contributed by atoms with Crippen LogP contribution in [0.1, 0.15) is 30.0 Å². The highest BCUT2D eigenvalue weighted by Gasteiger charge is 2.41. The van der Waals surface area contributed by atoms with Crippen LogP contribution in [0.25, 0.3) is 0 Å². The third-order valence-corrected chi connectivity index (χ3v) is 3.70. The van der Waals surface area contributed by atoms with Crippen molar-refractivity contribution in [2.75, 3.05) is 11.4 Å². The van der Waals surface area contributed by atoms with Crippen LogP contribution in [0.15, 0.2) is 41.0 Å². The number of ketones is 1. The van der Waals surface area contributed by atoms with Gasteiger partial charge in [0.1, 0.15) is 12.3 Å². The van der Waals surface area contributed by atoms with E-state index in [4.69, 9.17) is 14.9 Å². The second-order valence-electron chi connectivity index (χ2n) is 5.96. The van der Waals surface area contributed by atoms with Crippen molar-refractivity contribution in [3.63, 3.8) is 0 Å². The van der Waals surface area contributed by atoms with E-state index in [1.807, 2.05) is 0 Å². The molecule has 0 aliphatic carbocycles. The molecule has 24 heavy (non-hydrogen) atoms. The molecule has 0 atom stereocenters. The molecular formula is C17H16N2O5. The number of nitrogens with zero attached hydrogens (tertiary/aromatic N) is 1. The highest BCUT2D eigenvalue weighted by molar-refractivity contribution is 6.10. The van der Waals surface area contributed by atoms with Crippen molar-refractivity contribution in [2.45, 2.75) is 19.4 Å². The van der Waals surface area contributed by atoms with Crippen LogP contribution < -0.4 is 15.4 Å². The molecule has 0 radical (unpaired) electrons. The second kappa shape index (κ2) is 5.52. The van der Waals surface area contributed by atoms with E-state index in [0.717, 1.165) is 0 Å². The Bertz CT molecular complexity index is 824. The van der Waals surface area contributed by atoms with E-state index in [2.05, 4.69) is 0 Å². The number of furan rings is 1. The van der Waals surface area contributed by atoms with Gasteiger partial charge in [-0.2, -0.15) is 0 Å². The van der Waals surface area contributed by atoms with Crippen LogP contribution >= 0.6 is 0 Å². The Kier molecular flexibility index (Phi) is 3.63. The van der Waals surface area contributed by atoms with Crippen molar-refractivity contribution >= 4 is 23.3 Å². The lowest BCUT2D eigenvalue weighted by molar-refractivity contribution is -0.133. The summed E-state index contributed by atoms with van der Waals surface area (Å²) in [5, 5.41) is 0. The van der Waals surface area contributed by atoms with Gasteiger partial charge < -0.3 is 14.9 Å². The normalized spacial score (nSPS) is 15.6. The Morgan fingerprint density at radius 2 is 2.00 bits per heavy atom. The van der Waals surface area contributed by atoms with Gasteiger partial charge in [0.05, 0.1) is 12.0 Å². The van der Waals surface area contributed by atoms with Gasteiger partial charge in [-0.05, 0) is 44.2 Å².